The van der Waals surface area contributed by atoms with Crippen LogP contribution in [0.1, 0.15) is 20.3 Å². The first-order valence-electron chi connectivity index (χ1n) is 4.70. The van der Waals surface area contributed by atoms with Gasteiger partial charge in [0.25, 0.3) is 0 Å². The summed E-state index contributed by atoms with van der Waals surface area (Å²) in [7, 11) is 2.05. The highest BCUT2D eigenvalue weighted by Gasteiger charge is 2.05. The highest BCUT2D eigenvalue weighted by atomic mass is 16.4. The minimum absolute atomic E-state index is 0.0581. The Bertz CT molecular complexity index is 151. The van der Waals surface area contributed by atoms with E-state index in [-0.39, 0.29) is 12.5 Å². The van der Waals surface area contributed by atoms with Gasteiger partial charge in [-0.15, -0.1) is 0 Å². The van der Waals surface area contributed by atoms with Gasteiger partial charge in [0.1, 0.15) is 0 Å². The third-order valence-corrected chi connectivity index (χ3v) is 2.01. The number of rotatable bonds is 7. The Morgan fingerprint density at radius 2 is 2.23 bits per heavy atom. The lowest BCUT2D eigenvalue weighted by atomic mass is 10.2. The second kappa shape index (κ2) is 6.86. The lowest BCUT2D eigenvalue weighted by Crippen LogP contribution is -2.35. The van der Waals surface area contributed by atoms with E-state index < -0.39 is 5.97 Å². The molecule has 0 radical (unpaired) electrons. The molecule has 0 saturated heterocycles. The smallest absolute Gasteiger partial charge is 0.304 e. The Morgan fingerprint density at radius 1 is 1.62 bits per heavy atom. The van der Waals surface area contributed by atoms with E-state index in [0.29, 0.717) is 0 Å². The molecule has 4 nitrogen and oxygen atoms in total. The molecule has 0 aromatic rings. The average molecular weight is 188 g/mol. The maximum absolute atomic E-state index is 10.3. The molecule has 0 bridgehead atoms. The molecule has 1 unspecified atom stereocenters. The number of carboxylic acids is 1. The van der Waals surface area contributed by atoms with Crippen LogP contribution >= 0.6 is 0 Å². The lowest BCUT2D eigenvalue weighted by Gasteiger charge is -2.16. The van der Waals surface area contributed by atoms with Crippen LogP contribution in [0.25, 0.3) is 0 Å². The van der Waals surface area contributed by atoms with E-state index in [1.54, 1.807) is 0 Å². The van der Waals surface area contributed by atoms with Gasteiger partial charge in [0.05, 0.1) is 6.42 Å². The number of likely N-dealkylation sites (N-methyl/N-ethyl adjacent to an activating group) is 1. The van der Waals surface area contributed by atoms with Gasteiger partial charge in [0.15, 0.2) is 0 Å². The second-order valence-electron chi connectivity index (χ2n) is 3.35. The molecule has 1 atom stereocenters. The Hall–Kier alpha value is -0.610. The van der Waals surface area contributed by atoms with Crippen molar-refractivity contribution in [3.8, 4) is 0 Å². The number of nitrogens with one attached hydrogen (secondary N) is 1. The molecular weight excluding hydrogens is 168 g/mol. The minimum atomic E-state index is -0.746. The summed E-state index contributed by atoms with van der Waals surface area (Å²) < 4.78 is 0. The van der Waals surface area contributed by atoms with Crippen molar-refractivity contribution < 1.29 is 9.90 Å². The summed E-state index contributed by atoms with van der Waals surface area (Å²) in [6.07, 6.45) is 0.190. The SMILES string of the molecule is CCN(C)CCNC(C)CC(=O)O. The monoisotopic (exact) mass is 188 g/mol. The normalized spacial score (nSPS) is 13.2. The maximum atomic E-state index is 10.3. The van der Waals surface area contributed by atoms with Gasteiger partial charge in [-0.1, -0.05) is 6.92 Å². The molecule has 0 fully saturated rings. The van der Waals surface area contributed by atoms with E-state index in [9.17, 15) is 4.79 Å². The lowest BCUT2D eigenvalue weighted by molar-refractivity contribution is -0.137. The van der Waals surface area contributed by atoms with E-state index in [2.05, 4.69) is 17.1 Å². The summed E-state index contributed by atoms with van der Waals surface area (Å²) in [6.45, 7) is 6.81. The van der Waals surface area contributed by atoms with Crippen LogP contribution < -0.4 is 5.32 Å². The molecule has 0 rings (SSSR count). The fourth-order valence-corrected chi connectivity index (χ4v) is 0.994. The Morgan fingerprint density at radius 3 is 2.69 bits per heavy atom. The topological polar surface area (TPSA) is 52.6 Å². The van der Waals surface area contributed by atoms with Crippen LogP contribution in [0.4, 0.5) is 0 Å². The molecule has 2 N–H and O–H groups in total. The third kappa shape index (κ3) is 7.74. The summed E-state index contributed by atoms with van der Waals surface area (Å²) >= 11 is 0. The van der Waals surface area contributed by atoms with E-state index in [1.165, 1.54) is 0 Å². The summed E-state index contributed by atoms with van der Waals surface area (Å²) in [5, 5.41) is 11.6. The van der Waals surface area contributed by atoms with E-state index in [1.807, 2.05) is 14.0 Å². The van der Waals surface area contributed by atoms with E-state index >= 15 is 0 Å². The van der Waals surface area contributed by atoms with Gasteiger partial charge < -0.3 is 15.3 Å². The summed E-state index contributed by atoms with van der Waals surface area (Å²) in [6, 6.07) is 0.0581. The van der Waals surface area contributed by atoms with Gasteiger partial charge >= 0.3 is 5.97 Å². The Labute approximate surface area is 79.9 Å². The zero-order chi connectivity index (χ0) is 10.3. The summed E-state index contributed by atoms with van der Waals surface area (Å²) in [4.78, 5) is 12.5. The third-order valence-electron chi connectivity index (χ3n) is 2.01. The van der Waals surface area contributed by atoms with Crippen molar-refractivity contribution in [2.45, 2.75) is 26.3 Å². The van der Waals surface area contributed by atoms with Crippen molar-refractivity contribution in [3.63, 3.8) is 0 Å². The first-order valence-corrected chi connectivity index (χ1v) is 4.70. The molecule has 0 aromatic heterocycles. The van der Waals surface area contributed by atoms with Crippen LogP contribution in [0.5, 0.6) is 0 Å². The van der Waals surface area contributed by atoms with Gasteiger partial charge in [0, 0.05) is 19.1 Å². The van der Waals surface area contributed by atoms with Crippen molar-refractivity contribution in [2.24, 2.45) is 0 Å². The molecule has 0 aliphatic rings. The molecule has 0 heterocycles. The number of carbonyl (C=O) groups is 1. The number of nitrogens with zero attached hydrogens (tertiary/aromatic N) is 1. The molecular formula is C9H20N2O2. The first-order chi connectivity index (χ1) is 6.06. The fourth-order valence-electron chi connectivity index (χ4n) is 0.994. The standard InChI is InChI=1S/C9H20N2O2/c1-4-11(3)6-5-10-8(2)7-9(12)13/h8,10H,4-7H2,1-3H3,(H,12,13). The van der Waals surface area contributed by atoms with Crippen LogP contribution in [-0.2, 0) is 4.79 Å². The zero-order valence-corrected chi connectivity index (χ0v) is 8.71. The largest absolute Gasteiger partial charge is 0.481 e. The Balaban J connectivity index is 3.36. The predicted molar refractivity (Wildman–Crippen MR) is 52.9 cm³/mol. The van der Waals surface area contributed by atoms with Crippen molar-refractivity contribution in [2.75, 3.05) is 26.7 Å². The van der Waals surface area contributed by atoms with Crippen LogP contribution in [0, 0.1) is 0 Å². The number of hydrogen-bond donors (Lipinski definition) is 2. The highest BCUT2D eigenvalue weighted by Crippen LogP contribution is 1.89. The summed E-state index contributed by atoms with van der Waals surface area (Å²) in [5.41, 5.74) is 0. The quantitative estimate of drug-likeness (QED) is 0.607. The molecule has 0 spiro atoms. The van der Waals surface area contributed by atoms with E-state index in [4.69, 9.17) is 5.11 Å². The van der Waals surface area contributed by atoms with E-state index in [0.717, 1.165) is 19.6 Å². The maximum Gasteiger partial charge on any atom is 0.304 e. The zero-order valence-electron chi connectivity index (χ0n) is 8.71. The van der Waals surface area contributed by atoms with Gasteiger partial charge in [-0.2, -0.15) is 0 Å². The van der Waals surface area contributed by atoms with Crippen molar-refractivity contribution in [3.05, 3.63) is 0 Å². The van der Waals surface area contributed by atoms with Crippen LogP contribution in [0.2, 0.25) is 0 Å². The molecule has 4 heteroatoms. The molecule has 0 aliphatic carbocycles. The predicted octanol–water partition coefficient (Wildman–Crippen LogP) is 0.391. The molecule has 0 saturated carbocycles. The van der Waals surface area contributed by atoms with Gasteiger partial charge in [-0.05, 0) is 20.5 Å². The molecule has 78 valence electrons. The second-order valence-corrected chi connectivity index (χ2v) is 3.35. The number of hydrogen-bond acceptors (Lipinski definition) is 3. The minimum Gasteiger partial charge on any atom is -0.481 e. The van der Waals surface area contributed by atoms with Crippen LogP contribution in [-0.4, -0.2) is 48.7 Å². The van der Waals surface area contributed by atoms with Gasteiger partial charge in [-0.3, -0.25) is 4.79 Å². The molecule has 0 amide bonds. The number of aliphatic carboxylic acids is 1. The van der Waals surface area contributed by atoms with Crippen molar-refractivity contribution in [1.82, 2.24) is 10.2 Å². The van der Waals surface area contributed by atoms with Crippen molar-refractivity contribution >= 4 is 5.97 Å². The van der Waals surface area contributed by atoms with Crippen LogP contribution in [0.3, 0.4) is 0 Å². The average Bonchev–Trinajstić information content (AvgIpc) is 2.02. The molecule has 0 aliphatic heterocycles. The van der Waals surface area contributed by atoms with Gasteiger partial charge in [-0.25, -0.2) is 0 Å². The summed E-state index contributed by atoms with van der Waals surface area (Å²) in [5.74, 6) is -0.746. The number of carboxylic acid groups (broad SMARTS) is 1. The molecule has 13 heavy (non-hydrogen) atoms. The fraction of sp³-hybridized carbons (Fsp3) is 0.889. The van der Waals surface area contributed by atoms with Crippen LogP contribution in [0.15, 0.2) is 0 Å². The molecule has 0 aromatic carbocycles. The highest BCUT2D eigenvalue weighted by molar-refractivity contribution is 5.67. The Kier molecular flexibility index (Phi) is 6.54. The van der Waals surface area contributed by atoms with Gasteiger partial charge in [0.2, 0.25) is 0 Å². The first kappa shape index (κ1) is 12.4. The van der Waals surface area contributed by atoms with Crippen molar-refractivity contribution in [1.29, 1.82) is 0 Å².